The summed E-state index contributed by atoms with van der Waals surface area (Å²) in [6.45, 7) is 4.28. The molecule has 0 radical (unpaired) electrons. The standard InChI is InChI=1S/C15H27NO/c1-4-7-8-9-10-11-13-15(17)16-14(6-3)12-5-2/h3,14H,4-5,7-13H2,1-2H3,(H,16,17). The molecule has 0 fully saturated rings. The summed E-state index contributed by atoms with van der Waals surface area (Å²) in [5.74, 6) is 2.73. The fraction of sp³-hybridized carbons (Fsp3) is 0.800. The Bertz CT molecular complexity index is 230. The lowest BCUT2D eigenvalue weighted by atomic mass is 10.1. The van der Waals surface area contributed by atoms with E-state index in [4.69, 9.17) is 6.42 Å². The Morgan fingerprint density at radius 2 is 1.76 bits per heavy atom. The van der Waals surface area contributed by atoms with Crippen LogP contribution in [0, 0.1) is 12.3 Å². The van der Waals surface area contributed by atoms with Gasteiger partial charge in [0, 0.05) is 6.42 Å². The molecule has 0 saturated heterocycles. The molecule has 0 rings (SSSR count). The lowest BCUT2D eigenvalue weighted by molar-refractivity contribution is -0.121. The normalized spacial score (nSPS) is 11.8. The zero-order chi connectivity index (χ0) is 12.9. The van der Waals surface area contributed by atoms with Crippen LogP contribution in [-0.4, -0.2) is 11.9 Å². The molecule has 0 aromatic carbocycles. The molecule has 0 aliphatic carbocycles. The van der Waals surface area contributed by atoms with Crippen LogP contribution in [-0.2, 0) is 4.79 Å². The smallest absolute Gasteiger partial charge is 0.220 e. The average Bonchev–Trinajstić information content (AvgIpc) is 2.33. The molecule has 0 aliphatic heterocycles. The van der Waals surface area contributed by atoms with Crippen LogP contribution >= 0.6 is 0 Å². The molecule has 2 heteroatoms. The highest BCUT2D eigenvalue weighted by Gasteiger charge is 2.07. The average molecular weight is 237 g/mol. The monoisotopic (exact) mass is 237 g/mol. The molecule has 0 aromatic rings. The van der Waals surface area contributed by atoms with Gasteiger partial charge in [-0.05, 0) is 12.8 Å². The Balaban J connectivity index is 3.49. The van der Waals surface area contributed by atoms with E-state index in [1.807, 2.05) is 0 Å². The first-order valence-electron chi connectivity index (χ1n) is 7.00. The van der Waals surface area contributed by atoms with Gasteiger partial charge in [-0.3, -0.25) is 4.79 Å². The van der Waals surface area contributed by atoms with Crippen molar-refractivity contribution in [2.45, 2.75) is 77.7 Å². The Morgan fingerprint density at radius 1 is 1.12 bits per heavy atom. The van der Waals surface area contributed by atoms with Crippen molar-refractivity contribution in [2.24, 2.45) is 0 Å². The summed E-state index contributed by atoms with van der Waals surface area (Å²) in [5.41, 5.74) is 0. The Labute approximate surface area is 107 Å². The van der Waals surface area contributed by atoms with Crippen LogP contribution in [0.1, 0.15) is 71.6 Å². The van der Waals surface area contributed by atoms with Gasteiger partial charge in [0.15, 0.2) is 0 Å². The van der Waals surface area contributed by atoms with Crippen molar-refractivity contribution < 1.29 is 4.79 Å². The van der Waals surface area contributed by atoms with E-state index in [1.54, 1.807) is 0 Å². The maximum Gasteiger partial charge on any atom is 0.220 e. The first-order valence-corrected chi connectivity index (χ1v) is 7.00. The molecule has 0 bridgehead atoms. The molecule has 0 heterocycles. The van der Waals surface area contributed by atoms with Gasteiger partial charge in [-0.1, -0.05) is 58.3 Å². The number of hydrogen-bond donors (Lipinski definition) is 1. The molecular formula is C15H27NO. The molecule has 0 saturated carbocycles. The molecule has 1 unspecified atom stereocenters. The highest BCUT2D eigenvalue weighted by Crippen LogP contribution is 2.07. The zero-order valence-corrected chi connectivity index (χ0v) is 11.4. The van der Waals surface area contributed by atoms with Crippen LogP contribution in [0.15, 0.2) is 0 Å². The van der Waals surface area contributed by atoms with Crippen molar-refractivity contribution in [3.63, 3.8) is 0 Å². The summed E-state index contributed by atoms with van der Waals surface area (Å²) in [4.78, 5) is 11.6. The van der Waals surface area contributed by atoms with Crippen molar-refractivity contribution >= 4 is 5.91 Å². The number of carbonyl (C=O) groups excluding carboxylic acids is 1. The fourth-order valence-electron chi connectivity index (χ4n) is 1.82. The number of nitrogens with one attached hydrogen (secondary N) is 1. The largest absolute Gasteiger partial charge is 0.342 e. The van der Waals surface area contributed by atoms with E-state index in [-0.39, 0.29) is 11.9 Å². The van der Waals surface area contributed by atoms with Gasteiger partial charge >= 0.3 is 0 Å². The van der Waals surface area contributed by atoms with Crippen molar-refractivity contribution in [3.8, 4) is 12.3 Å². The zero-order valence-electron chi connectivity index (χ0n) is 11.4. The van der Waals surface area contributed by atoms with Crippen LogP contribution in [0.25, 0.3) is 0 Å². The molecule has 0 aliphatic rings. The van der Waals surface area contributed by atoms with E-state index in [0.29, 0.717) is 6.42 Å². The minimum Gasteiger partial charge on any atom is -0.342 e. The van der Waals surface area contributed by atoms with Crippen molar-refractivity contribution in [1.29, 1.82) is 0 Å². The number of unbranched alkanes of at least 4 members (excludes halogenated alkanes) is 5. The number of amides is 1. The second-order valence-electron chi connectivity index (χ2n) is 4.59. The minimum absolute atomic E-state index is 0.0763. The summed E-state index contributed by atoms with van der Waals surface area (Å²) in [7, 11) is 0. The lowest BCUT2D eigenvalue weighted by Crippen LogP contribution is -2.33. The van der Waals surface area contributed by atoms with Crippen LogP contribution in [0.2, 0.25) is 0 Å². The molecule has 17 heavy (non-hydrogen) atoms. The van der Waals surface area contributed by atoms with Gasteiger partial charge in [-0.2, -0.15) is 0 Å². The number of rotatable bonds is 10. The quantitative estimate of drug-likeness (QED) is 0.456. The maximum atomic E-state index is 11.6. The van der Waals surface area contributed by atoms with E-state index in [0.717, 1.165) is 25.7 Å². The predicted molar refractivity (Wildman–Crippen MR) is 73.7 cm³/mol. The number of carbonyl (C=O) groups is 1. The second-order valence-corrected chi connectivity index (χ2v) is 4.59. The summed E-state index contributed by atoms with van der Waals surface area (Å²) in [6, 6.07) is -0.0763. The molecule has 2 nitrogen and oxygen atoms in total. The van der Waals surface area contributed by atoms with E-state index >= 15 is 0 Å². The van der Waals surface area contributed by atoms with Gasteiger partial charge in [-0.25, -0.2) is 0 Å². The van der Waals surface area contributed by atoms with Crippen molar-refractivity contribution in [1.82, 2.24) is 5.32 Å². The van der Waals surface area contributed by atoms with Gasteiger partial charge < -0.3 is 5.32 Å². The van der Waals surface area contributed by atoms with Crippen molar-refractivity contribution in [3.05, 3.63) is 0 Å². The second kappa shape index (κ2) is 11.5. The molecule has 1 N–H and O–H groups in total. The van der Waals surface area contributed by atoms with Crippen molar-refractivity contribution in [2.75, 3.05) is 0 Å². The summed E-state index contributed by atoms with van der Waals surface area (Å²) < 4.78 is 0. The first kappa shape index (κ1) is 16.0. The number of hydrogen-bond acceptors (Lipinski definition) is 1. The third kappa shape index (κ3) is 9.93. The predicted octanol–water partition coefficient (Wildman–Crippen LogP) is 3.66. The topological polar surface area (TPSA) is 29.1 Å². The van der Waals surface area contributed by atoms with Crippen LogP contribution in [0.5, 0.6) is 0 Å². The summed E-state index contributed by atoms with van der Waals surface area (Å²) in [6.07, 6.45) is 15.1. The van der Waals surface area contributed by atoms with E-state index in [9.17, 15) is 4.79 Å². The minimum atomic E-state index is -0.0763. The van der Waals surface area contributed by atoms with E-state index < -0.39 is 0 Å². The molecule has 1 amide bonds. The Morgan fingerprint density at radius 3 is 2.35 bits per heavy atom. The lowest BCUT2D eigenvalue weighted by Gasteiger charge is -2.11. The van der Waals surface area contributed by atoms with Gasteiger partial charge in [0.2, 0.25) is 5.91 Å². The highest BCUT2D eigenvalue weighted by molar-refractivity contribution is 5.76. The van der Waals surface area contributed by atoms with Crippen LogP contribution in [0.3, 0.4) is 0 Å². The van der Waals surface area contributed by atoms with Crippen LogP contribution in [0.4, 0.5) is 0 Å². The van der Waals surface area contributed by atoms with Gasteiger partial charge in [0.1, 0.15) is 0 Å². The third-order valence-corrected chi connectivity index (χ3v) is 2.87. The van der Waals surface area contributed by atoms with Gasteiger partial charge in [0.05, 0.1) is 6.04 Å². The van der Waals surface area contributed by atoms with Gasteiger partial charge in [-0.15, -0.1) is 6.42 Å². The molecule has 1 atom stereocenters. The van der Waals surface area contributed by atoms with Crippen LogP contribution < -0.4 is 5.32 Å². The molecule has 0 spiro atoms. The fourth-order valence-corrected chi connectivity index (χ4v) is 1.82. The van der Waals surface area contributed by atoms with Gasteiger partial charge in [0.25, 0.3) is 0 Å². The Kier molecular flexibility index (Phi) is 10.9. The molecule has 98 valence electrons. The maximum absolute atomic E-state index is 11.6. The molecular weight excluding hydrogens is 210 g/mol. The van der Waals surface area contributed by atoms with E-state index in [2.05, 4.69) is 25.1 Å². The summed E-state index contributed by atoms with van der Waals surface area (Å²) >= 11 is 0. The SMILES string of the molecule is C#CC(CCC)NC(=O)CCCCCCCC. The van der Waals surface area contributed by atoms with E-state index in [1.165, 1.54) is 25.7 Å². The summed E-state index contributed by atoms with van der Waals surface area (Å²) in [5, 5.41) is 2.89. The Hall–Kier alpha value is -0.970. The first-order chi connectivity index (χ1) is 8.24. The number of terminal acetylenes is 1. The molecule has 0 aromatic heterocycles. The third-order valence-electron chi connectivity index (χ3n) is 2.87. The highest BCUT2D eigenvalue weighted by atomic mass is 16.1.